The van der Waals surface area contributed by atoms with Crippen LogP contribution in [0.1, 0.15) is 22.7 Å². The average Bonchev–Trinajstić information content (AvgIpc) is 2.38. The molecule has 5 heteroatoms. The number of aryl methyl sites for hydroxylation is 1. The molecule has 2 aromatic carbocycles. The van der Waals surface area contributed by atoms with Gasteiger partial charge in [-0.25, -0.2) is 8.78 Å². The van der Waals surface area contributed by atoms with Crippen molar-refractivity contribution >= 4 is 27.5 Å². The molecule has 0 heterocycles. The molecular weight excluding hydrogens is 348 g/mol. The first-order chi connectivity index (χ1) is 9.43. The molecule has 0 saturated heterocycles. The van der Waals surface area contributed by atoms with Crippen LogP contribution in [0.2, 0.25) is 5.02 Å². The number of nitrogens with one attached hydrogen (secondary N) is 1. The maximum absolute atomic E-state index is 14.0. The third-order valence-corrected chi connectivity index (χ3v) is 3.97. The van der Waals surface area contributed by atoms with Gasteiger partial charge in [-0.1, -0.05) is 33.6 Å². The minimum atomic E-state index is -0.591. The van der Waals surface area contributed by atoms with Crippen LogP contribution in [0.15, 0.2) is 34.8 Å². The number of hydrogen-bond donors (Lipinski definition) is 1. The molecule has 0 amide bonds. The minimum absolute atomic E-state index is 0.371. The highest BCUT2D eigenvalue weighted by molar-refractivity contribution is 9.10. The van der Waals surface area contributed by atoms with Crippen molar-refractivity contribution in [3.63, 3.8) is 0 Å². The summed E-state index contributed by atoms with van der Waals surface area (Å²) in [5, 5.41) is 3.53. The Morgan fingerprint density at radius 3 is 2.40 bits per heavy atom. The smallest absolute Gasteiger partial charge is 0.131 e. The molecular formula is C15H13BrClF2N. The van der Waals surface area contributed by atoms with Crippen molar-refractivity contribution in [2.24, 2.45) is 0 Å². The van der Waals surface area contributed by atoms with Gasteiger partial charge in [0.05, 0.1) is 6.04 Å². The Kier molecular flexibility index (Phi) is 4.78. The highest BCUT2D eigenvalue weighted by atomic mass is 79.9. The van der Waals surface area contributed by atoms with E-state index in [1.807, 2.05) is 12.1 Å². The summed E-state index contributed by atoms with van der Waals surface area (Å²) in [6.07, 6.45) is 0. The monoisotopic (exact) mass is 359 g/mol. The second-order valence-electron chi connectivity index (χ2n) is 4.51. The van der Waals surface area contributed by atoms with Crippen molar-refractivity contribution in [1.82, 2.24) is 5.32 Å². The molecule has 1 unspecified atom stereocenters. The van der Waals surface area contributed by atoms with Crippen LogP contribution in [0.4, 0.5) is 8.78 Å². The highest BCUT2D eigenvalue weighted by Gasteiger charge is 2.20. The van der Waals surface area contributed by atoms with E-state index in [9.17, 15) is 8.78 Å². The van der Waals surface area contributed by atoms with Crippen molar-refractivity contribution in [2.75, 3.05) is 7.05 Å². The van der Waals surface area contributed by atoms with Crippen LogP contribution >= 0.6 is 27.5 Å². The predicted octanol–water partition coefficient (Wildman–Crippen LogP) is 5.00. The zero-order chi connectivity index (χ0) is 14.9. The highest BCUT2D eigenvalue weighted by Crippen LogP contribution is 2.32. The fourth-order valence-corrected chi connectivity index (χ4v) is 2.90. The maximum atomic E-state index is 14.0. The molecule has 106 valence electrons. The van der Waals surface area contributed by atoms with Crippen molar-refractivity contribution < 1.29 is 8.78 Å². The van der Waals surface area contributed by atoms with Crippen molar-refractivity contribution in [2.45, 2.75) is 13.0 Å². The van der Waals surface area contributed by atoms with Gasteiger partial charge in [0.25, 0.3) is 0 Å². The molecule has 0 aliphatic carbocycles. The van der Waals surface area contributed by atoms with Crippen LogP contribution in [0.5, 0.6) is 0 Å². The summed E-state index contributed by atoms with van der Waals surface area (Å²) in [5.41, 5.74) is 1.51. The molecule has 2 rings (SSSR count). The Labute approximate surface area is 130 Å². The Morgan fingerprint density at radius 1 is 1.10 bits per heavy atom. The molecule has 0 spiro atoms. The summed E-state index contributed by atoms with van der Waals surface area (Å²) in [6.45, 7) is 1.61. The van der Waals surface area contributed by atoms with Crippen LogP contribution in [0, 0.1) is 18.6 Å². The molecule has 2 aromatic rings. The molecule has 1 N–H and O–H groups in total. The van der Waals surface area contributed by atoms with Gasteiger partial charge in [-0.3, -0.25) is 0 Å². The zero-order valence-corrected chi connectivity index (χ0v) is 13.3. The minimum Gasteiger partial charge on any atom is -0.309 e. The second-order valence-corrected chi connectivity index (χ2v) is 5.83. The first-order valence-electron chi connectivity index (χ1n) is 6.01. The Bertz CT molecular complexity index is 646. The molecule has 0 aromatic heterocycles. The van der Waals surface area contributed by atoms with E-state index in [2.05, 4.69) is 21.2 Å². The lowest BCUT2D eigenvalue weighted by molar-refractivity contribution is 0.547. The molecule has 0 aliphatic rings. The van der Waals surface area contributed by atoms with Crippen LogP contribution in [0.3, 0.4) is 0 Å². The number of rotatable bonds is 3. The van der Waals surface area contributed by atoms with Crippen LogP contribution in [-0.2, 0) is 0 Å². The number of hydrogen-bond acceptors (Lipinski definition) is 1. The molecule has 20 heavy (non-hydrogen) atoms. The normalized spacial score (nSPS) is 12.5. The van der Waals surface area contributed by atoms with Gasteiger partial charge in [-0.2, -0.15) is 0 Å². The van der Waals surface area contributed by atoms with E-state index in [0.717, 1.165) is 16.1 Å². The van der Waals surface area contributed by atoms with Gasteiger partial charge in [0.15, 0.2) is 0 Å². The summed E-state index contributed by atoms with van der Waals surface area (Å²) in [4.78, 5) is 0. The third kappa shape index (κ3) is 3.03. The van der Waals surface area contributed by atoms with Gasteiger partial charge in [-0.15, -0.1) is 0 Å². The average molecular weight is 361 g/mol. The summed E-state index contributed by atoms with van der Waals surface area (Å²) >= 11 is 9.54. The Morgan fingerprint density at radius 2 is 1.80 bits per heavy atom. The largest absolute Gasteiger partial charge is 0.309 e. The van der Waals surface area contributed by atoms with E-state index in [-0.39, 0.29) is 0 Å². The van der Waals surface area contributed by atoms with E-state index >= 15 is 0 Å². The molecule has 1 nitrogen and oxygen atoms in total. The second kappa shape index (κ2) is 6.20. The van der Waals surface area contributed by atoms with E-state index in [1.165, 1.54) is 6.07 Å². The SMILES string of the molecule is CNC(c1cc(C)c(F)cc1F)c1ccc(Br)cc1Cl. The van der Waals surface area contributed by atoms with Crippen LogP contribution < -0.4 is 5.32 Å². The van der Waals surface area contributed by atoms with E-state index < -0.39 is 17.7 Å². The van der Waals surface area contributed by atoms with Gasteiger partial charge in [0.2, 0.25) is 0 Å². The fraction of sp³-hybridized carbons (Fsp3) is 0.200. The first kappa shape index (κ1) is 15.4. The lowest BCUT2D eigenvalue weighted by Crippen LogP contribution is -2.19. The van der Waals surface area contributed by atoms with E-state index in [4.69, 9.17) is 11.6 Å². The molecule has 0 radical (unpaired) electrons. The first-order valence-corrected chi connectivity index (χ1v) is 7.19. The van der Waals surface area contributed by atoms with Gasteiger partial charge < -0.3 is 5.32 Å². The molecule has 0 bridgehead atoms. The predicted molar refractivity (Wildman–Crippen MR) is 81.1 cm³/mol. The summed E-state index contributed by atoms with van der Waals surface area (Å²) in [6, 6.07) is 7.36. The van der Waals surface area contributed by atoms with Crippen LogP contribution in [-0.4, -0.2) is 7.05 Å². The van der Waals surface area contributed by atoms with Gasteiger partial charge in [0, 0.05) is 21.1 Å². The molecule has 0 aliphatic heterocycles. The zero-order valence-electron chi connectivity index (χ0n) is 11.0. The van der Waals surface area contributed by atoms with Crippen LogP contribution in [0.25, 0.3) is 0 Å². The lowest BCUT2D eigenvalue weighted by Gasteiger charge is -2.20. The maximum Gasteiger partial charge on any atom is 0.131 e. The Hall–Kier alpha value is -0.970. The Balaban J connectivity index is 2.55. The topological polar surface area (TPSA) is 12.0 Å². The van der Waals surface area contributed by atoms with Gasteiger partial charge in [-0.05, 0) is 43.3 Å². The number of halogens is 4. The van der Waals surface area contributed by atoms with E-state index in [0.29, 0.717) is 16.1 Å². The number of benzene rings is 2. The standard InChI is InChI=1S/C15H13BrClF2N/c1-8-5-11(14(19)7-13(8)18)15(20-2)10-4-3-9(16)6-12(10)17/h3-7,15,20H,1-2H3. The fourth-order valence-electron chi connectivity index (χ4n) is 2.11. The lowest BCUT2D eigenvalue weighted by atomic mass is 9.96. The van der Waals surface area contributed by atoms with Crippen molar-refractivity contribution in [3.05, 3.63) is 68.2 Å². The molecule has 0 saturated carbocycles. The molecule has 1 atom stereocenters. The quantitative estimate of drug-likeness (QED) is 0.812. The third-order valence-electron chi connectivity index (χ3n) is 3.15. The van der Waals surface area contributed by atoms with E-state index in [1.54, 1.807) is 20.0 Å². The molecule has 0 fully saturated rings. The van der Waals surface area contributed by atoms with Gasteiger partial charge >= 0.3 is 0 Å². The van der Waals surface area contributed by atoms with Crippen molar-refractivity contribution in [1.29, 1.82) is 0 Å². The summed E-state index contributed by atoms with van der Waals surface area (Å²) < 4.78 is 28.2. The summed E-state index contributed by atoms with van der Waals surface area (Å²) in [7, 11) is 1.71. The van der Waals surface area contributed by atoms with Gasteiger partial charge in [0.1, 0.15) is 11.6 Å². The van der Waals surface area contributed by atoms with Crippen molar-refractivity contribution in [3.8, 4) is 0 Å². The summed E-state index contributed by atoms with van der Waals surface area (Å²) in [5.74, 6) is -1.14.